The Morgan fingerprint density at radius 3 is 2.82 bits per heavy atom. The molecule has 0 amide bonds. The van der Waals surface area contributed by atoms with E-state index in [0.717, 1.165) is 5.56 Å². The molecule has 28 heavy (non-hydrogen) atoms. The number of aromatic nitrogens is 7. The van der Waals surface area contributed by atoms with Crippen LogP contribution in [0.4, 0.5) is 5.95 Å². The van der Waals surface area contributed by atoms with Crippen LogP contribution in [0, 0.1) is 0 Å². The highest BCUT2D eigenvalue weighted by Crippen LogP contribution is 2.29. The first-order chi connectivity index (χ1) is 13.7. The molecular formula is C17H12Cl2N8O. The van der Waals surface area contributed by atoms with Gasteiger partial charge >= 0.3 is 0 Å². The largest absolute Gasteiger partial charge is 0.437 e. The fourth-order valence-electron chi connectivity index (χ4n) is 2.39. The van der Waals surface area contributed by atoms with Crippen LogP contribution >= 0.6 is 23.2 Å². The molecule has 9 nitrogen and oxygen atoms in total. The molecule has 0 saturated heterocycles. The van der Waals surface area contributed by atoms with E-state index in [1.807, 2.05) is 12.1 Å². The van der Waals surface area contributed by atoms with Gasteiger partial charge < -0.3 is 10.1 Å². The maximum Gasteiger partial charge on any atom is 0.248 e. The molecule has 0 fully saturated rings. The van der Waals surface area contributed by atoms with Gasteiger partial charge in [0.1, 0.15) is 0 Å². The number of rotatable bonds is 6. The summed E-state index contributed by atoms with van der Waals surface area (Å²) >= 11 is 12.4. The minimum atomic E-state index is 0.357. The molecule has 4 aromatic rings. The van der Waals surface area contributed by atoms with Crippen LogP contribution in [0.25, 0.3) is 5.69 Å². The van der Waals surface area contributed by atoms with Crippen molar-refractivity contribution in [2.24, 2.45) is 0 Å². The zero-order chi connectivity index (χ0) is 19.3. The van der Waals surface area contributed by atoms with Gasteiger partial charge in [-0.25, -0.2) is 4.98 Å². The van der Waals surface area contributed by atoms with Gasteiger partial charge in [-0.2, -0.15) is 14.9 Å². The second kappa shape index (κ2) is 8.15. The molecule has 140 valence electrons. The SMILES string of the molecule is Clc1cccc(-n2nnnc2NCc2cccnc2Oc2ccnnc2)c1Cl. The zero-order valence-electron chi connectivity index (χ0n) is 14.2. The van der Waals surface area contributed by atoms with E-state index in [1.54, 1.807) is 36.7 Å². The van der Waals surface area contributed by atoms with Crippen molar-refractivity contribution in [3.63, 3.8) is 0 Å². The molecule has 11 heteroatoms. The van der Waals surface area contributed by atoms with Crippen LogP contribution in [-0.2, 0) is 6.54 Å². The molecular weight excluding hydrogens is 403 g/mol. The van der Waals surface area contributed by atoms with E-state index in [-0.39, 0.29) is 0 Å². The number of hydrogen-bond donors (Lipinski definition) is 1. The van der Waals surface area contributed by atoms with Crippen molar-refractivity contribution < 1.29 is 4.74 Å². The van der Waals surface area contributed by atoms with Gasteiger partial charge in [-0.15, -0.1) is 0 Å². The fraction of sp³-hybridized carbons (Fsp3) is 0.0588. The second-order valence-corrected chi connectivity index (χ2v) is 6.27. The Morgan fingerprint density at radius 2 is 1.96 bits per heavy atom. The number of pyridine rings is 1. The molecule has 0 aliphatic carbocycles. The van der Waals surface area contributed by atoms with Gasteiger partial charge in [-0.3, -0.25) is 0 Å². The number of nitrogens with one attached hydrogen (secondary N) is 1. The third kappa shape index (κ3) is 3.85. The molecule has 0 atom stereocenters. The van der Waals surface area contributed by atoms with Crippen molar-refractivity contribution in [1.29, 1.82) is 0 Å². The molecule has 0 bridgehead atoms. The quantitative estimate of drug-likeness (QED) is 0.510. The Morgan fingerprint density at radius 1 is 1.04 bits per heavy atom. The van der Waals surface area contributed by atoms with Crippen molar-refractivity contribution in [2.45, 2.75) is 6.54 Å². The average Bonchev–Trinajstić information content (AvgIpc) is 3.18. The maximum absolute atomic E-state index is 6.27. The summed E-state index contributed by atoms with van der Waals surface area (Å²) < 4.78 is 7.25. The zero-order valence-corrected chi connectivity index (χ0v) is 15.7. The molecule has 0 saturated carbocycles. The molecule has 0 aliphatic rings. The minimum Gasteiger partial charge on any atom is -0.437 e. The van der Waals surface area contributed by atoms with E-state index in [0.29, 0.717) is 39.9 Å². The monoisotopic (exact) mass is 414 g/mol. The number of hydrogen-bond acceptors (Lipinski definition) is 8. The highest BCUT2D eigenvalue weighted by atomic mass is 35.5. The number of benzene rings is 1. The van der Waals surface area contributed by atoms with Gasteiger partial charge in [0.15, 0.2) is 5.75 Å². The highest BCUT2D eigenvalue weighted by Gasteiger charge is 2.14. The lowest BCUT2D eigenvalue weighted by Gasteiger charge is -2.11. The van der Waals surface area contributed by atoms with Crippen LogP contribution < -0.4 is 10.1 Å². The molecule has 1 aromatic carbocycles. The Bertz CT molecular complexity index is 1090. The molecule has 3 heterocycles. The highest BCUT2D eigenvalue weighted by molar-refractivity contribution is 6.43. The second-order valence-electron chi connectivity index (χ2n) is 5.49. The van der Waals surface area contributed by atoms with Gasteiger partial charge in [0.2, 0.25) is 11.8 Å². The number of tetrazole rings is 1. The Kier molecular flexibility index (Phi) is 5.27. The van der Waals surface area contributed by atoms with Crippen molar-refractivity contribution in [3.05, 3.63) is 70.6 Å². The fourth-order valence-corrected chi connectivity index (χ4v) is 2.77. The number of halogens is 2. The van der Waals surface area contributed by atoms with Crippen molar-refractivity contribution in [3.8, 4) is 17.3 Å². The summed E-state index contributed by atoms with van der Waals surface area (Å²) in [5.41, 5.74) is 1.36. The number of nitrogens with zero attached hydrogens (tertiary/aromatic N) is 7. The van der Waals surface area contributed by atoms with E-state index in [4.69, 9.17) is 27.9 Å². The summed E-state index contributed by atoms with van der Waals surface area (Å²) in [7, 11) is 0. The number of anilines is 1. The topological polar surface area (TPSA) is 104 Å². The lowest BCUT2D eigenvalue weighted by atomic mass is 10.2. The standard InChI is InChI=1S/C17H12Cl2N8O/c18-13-4-1-5-14(15(13)19)27-17(24-25-26-27)21-9-11-3-2-7-20-16(11)28-12-6-8-22-23-10-12/h1-8,10H,9H2,(H,21,24,26). The van der Waals surface area contributed by atoms with Gasteiger partial charge in [0.05, 0.1) is 28.1 Å². The predicted molar refractivity (Wildman–Crippen MR) is 103 cm³/mol. The van der Waals surface area contributed by atoms with Crippen molar-refractivity contribution in [2.75, 3.05) is 5.32 Å². The first kappa shape index (κ1) is 18.1. The summed E-state index contributed by atoms with van der Waals surface area (Å²) in [4.78, 5) is 4.27. The van der Waals surface area contributed by atoms with E-state index in [9.17, 15) is 0 Å². The van der Waals surface area contributed by atoms with Crippen LogP contribution in [-0.4, -0.2) is 35.4 Å². The molecule has 0 radical (unpaired) electrons. The summed E-state index contributed by atoms with van der Waals surface area (Å²) in [6.07, 6.45) is 4.69. The van der Waals surface area contributed by atoms with Crippen LogP contribution in [0.3, 0.4) is 0 Å². The molecule has 0 aliphatic heterocycles. The maximum atomic E-state index is 6.27. The molecule has 3 aromatic heterocycles. The third-order valence-electron chi connectivity index (χ3n) is 3.69. The van der Waals surface area contributed by atoms with Gasteiger partial charge in [0, 0.05) is 24.4 Å². The van der Waals surface area contributed by atoms with Crippen LogP contribution in [0.2, 0.25) is 10.0 Å². The van der Waals surface area contributed by atoms with E-state index in [2.05, 4.69) is 36.0 Å². The Hall–Kier alpha value is -3.30. The van der Waals surface area contributed by atoms with Gasteiger partial charge in [-0.05, 0) is 28.6 Å². The third-order valence-corrected chi connectivity index (χ3v) is 4.50. The van der Waals surface area contributed by atoms with E-state index in [1.165, 1.54) is 10.9 Å². The molecule has 4 rings (SSSR count). The van der Waals surface area contributed by atoms with Crippen LogP contribution in [0.1, 0.15) is 5.56 Å². The smallest absolute Gasteiger partial charge is 0.248 e. The lowest BCUT2D eigenvalue weighted by Crippen LogP contribution is -2.09. The van der Waals surface area contributed by atoms with Crippen molar-refractivity contribution >= 4 is 29.2 Å². The predicted octanol–water partition coefficient (Wildman–Crippen LogP) is 3.56. The minimum absolute atomic E-state index is 0.357. The van der Waals surface area contributed by atoms with Crippen LogP contribution in [0.15, 0.2) is 55.0 Å². The van der Waals surface area contributed by atoms with Gasteiger partial charge in [-0.1, -0.05) is 40.4 Å². The Labute approximate surface area is 169 Å². The average molecular weight is 415 g/mol. The summed E-state index contributed by atoms with van der Waals surface area (Å²) in [6, 6.07) is 10.6. The summed E-state index contributed by atoms with van der Waals surface area (Å²) in [5.74, 6) is 1.36. The van der Waals surface area contributed by atoms with E-state index < -0.39 is 0 Å². The van der Waals surface area contributed by atoms with Gasteiger partial charge in [0.25, 0.3) is 0 Å². The van der Waals surface area contributed by atoms with E-state index >= 15 is 0 Å². The first-order valence-corrected chi connectivity index (χ1v) is 8.83. The normalized spacial score (nSPS) is 10.6. The lowest BCUT2D eigenvalue weighted by molar-refractivity contribution is 0.453. The molecule has 1 N–H and O–H groups in total. The summed E-state index contributed by atoms with van der Waals surface area (Å²) in [6.45, 7) is 0.361. The molecule has 0 spiro atoms. The molecule has 0 unspecified atom stereocenters. The van der Waals surface area contributed by atoms with Crippen molar-refractivity contribution in [1.82, 2.24) is 35.4 Å². The summed E-state index contributed by atoms with van der Waals surface area (Å²) in [5, 5.41) is 23.1. The Balaban J connectivity index is 1.55. The van der Waals surface area contributed by atoms with Crippen LogP contribution in [0.5, 0.6) is 11.6 Å². The number of ether oxygens (including phenoxy) is 1. The first-order valence-electron chi connectivity index (χ1n) is 8.07.